The average Bonchev–Trinajstić information content (AvgIpc) is 2.24. The van der Waals surface area contributed by atoms with Gasteiger partial charge in [-0.2, -0.15) is 0 Å². The molecule has 0 aromatic carbocycles. The van der Waals surface area contributed by atoms with Gasteiger partial charge in [0.2, 0.25) is 0 Å². The van der Waals surface area contributed by atoms with Gasteiger partial charge in [0.05, 0.1) is 6.42 Å². The molecule has 0 atom stereocenters. The average molecular weight is 316 g/mol. The van der Waals surface area contributed by atoms with Crippen molar-refractivity contribution >= 4 is 11.8 Å². The van der Waals surface area contributed by atoms with Crippen LogP contribution in [0.2, 0.25) is 0 Å². The summed E-state index contributed by atoms with van der Waals surface area (Å²) in [5.74, 6) is -4.66. The monoisotopic (exact) mass is 316 g/mol. The second-order valence-corrected chi connectivity index (χ2v) is 3.53. The number of carboxylic acid groups (broad SMARTS) is 1. The van der Waals surface area contributed by atoms with Gasteiger partial charge in [0.15, 0.2) is 0 Å². The van der Waals surface area contributed by atoms with E-state index in [1.165, 1.54) is 0 Å². The van der Waals surface area contributed by atoms with E-state index >= 15 is 0 Å². The van der Waals surface area contributed by atoms with Crippen LogP contribution in [0.15, 0.2) is 6.07 Å². The van der Waals surface area contributed by atoms with Gasteiger partial charge in [-0.3, -0.25) is 4.79 Å². The van der Waals surface area contributed by atoms with Crippen molar-refractivity contribution in [3.63, 3.8) is 0 Å². The predicted molar refractivity (Wildman–Crippen MR) is 53.9 cm³/mol. The van der Waals surface area contributed by atoms with E-state index in [1.807, 2.05) is 0 Å². The number of carboxylic acids is 1. The number of aromatic nitrogens is 1. The summed E-state index contributed by atoms with van der Waals surface area (Å²) in [6.45, 7) is 0. The lowest BCUT2D eigenvalue weighted by atomic mass is 10.1. The first-order chi connectivity index (χ1) is 9.51. The third kappa shape index (κ3) is 4.50. The van der Waals surface area contributed by atoms with Crippen LogP contribution in [0, 0.1) is 10.1 Å². The molecule has 1 aromatic heterocycles. The maximum Gasteiger partial charge on any atom is 0.575 e. The Morgan fingerprint density at radius 3 is 2.43 bits per heavy atom. The van der Waals surface area contributed by atoms with Crippen molar-refractivity contribution in [2.75, 3.05) is 0 Å². The Kier molecular flexibility index (Phi) is 4.60. The van der Waals surface area contributed by atoms with Crippen molar-refractivity contribution in [1.82, 2.24) is 4.98 Å². The second-order valence-electron chi connectivity index (χ2n) is 3.53. The van der Waals surface area contributed by atoms with Crippen molar-refractivity contribution in [2.45, 2.75) is 19.2 Å². The van der Waals surface area contributed by atoms with Gasteiger partial charge in [-0.25, -0.2) is 8.78 Å². The van der Waals surface area contributed by atoms with Crippen LogP contribution < -0.4 is 4.74 Å². The summed E-state index contributed by atoms with van der Waals surface area (Å²) >= 11 is 0. The van der Waals surface area contributed by atoms with E-state index in [2.05, 4.69) is 9.72 Å². The van der Waals surface area contributed by atoms with E-state index in [0.29, 0.717) is 0 Å². The van der Waals surface area contributed by atoms with Crippen LogP contribution >= 0.6 is 0 Å². The second kappa shape index (κ2) is 5.85. The summed E-state index contributed by atoms with van der Waals surface area (Å²) in [5, 5.41) is 19.1. The normalized spacial score (nSPS) is 11.5. The molecule has 1 heterocycles. The highest BCUT2D eigenvalue weighted by atomic mass is 19.4. The number of nitro groups is 1. The van der Waals surface area contributed by atoms with Gasteiger partial charge in [-0.15, -0.1) is 13.2 Å². The van der Waals surface area contributed by atoms with Gasteiger partial charge in [0, 0.05) is 11.1 Å². The minimum absolute atomic E-state index is 0.274. The molecule has 7 nitrogen and oxygen atoms in total. The minimum Gasteiger partial charge on any atom is -0.481 e. The lowest BCUT2D eigenvalue weighted by Gasteiger charge is -2.10. The summed E-state index contributed by atoms with van der Waals surface area (Å²) in [6.07, 6.45) is -9.92. The molecular formula is C9H5F5N2O5. The Hall–Kier alpha value is -2.53. The number of ether oxygens (including phenoxy) is 1. The summed E-state index contributed by atoms with van der Waals surface area (Å²) in [5.41, 5.74) is -2.25. The molecule has 0 aliphatic rings. The fourth-order valence-electron chi connectivity index (χ4n) is 1.42. The highest BCUT2D eigenvalue weighted by molar-refractivity contribution is 5.71. The number of alkyl halides is 5. The molecule has 1 aromatic rings. The third-order valence-electron chi connectivity index (χ3n) is 2.05. The Balaban J connectivity index is 3.49. The van der Waals surface area contributed by atoms with Gasteiger partial charge >= 0.3 is 24.0 Å². The van der Waals surface area contributed by atoms with Gasteiger partial charge in [0.1, 0.15) is 5.56 Å². The van der Waals surface area contributed by atoms with Crippen LogP contribution in [0.3, 0.4) is 0 Å². The minimum atomic E-state index is -5.27. The number of rotatable bonds is 5. The SMILES string of the molecule is O=C(O)Cc1cc(OC(F)(F)F)nc([N+](=O)[O-])c1C(F)F. The van der Waals surface area contributed by atoms with Crippen molar-refractivity contribution in [3.05, 3.63) is 27.3 Å². The van der Waals surface area contributed by atoms with E-state index in [-0.39, 0.29) is 6.07 Å². The highest BCUT2D eigenvalue weighted by Gasteiger charge is 2.37. The summed E-state index contributed by atoms with van der Waals surface area (Å²) < 4.78 is 64.9. The van der Waals surface area contributed by atoms with Crippen molar-refractivity contribution in [1.29, 1.82) is 0 Å². The Morgan fingerprint density at radius 2 is 2.05 bits per heavy atom. The summed E-state index contributed by atoms with van der Waals surface area (Å²) in [7, 11) is 0. The molecule has 0 saturated heterocycles. The van der Waals surface area contributed by atoms with Crippen molar-refractivity contribution < 1.29 is 41.5 Å². The molecule has 0 spiro atoms. The number of hydrogen-bond donors (Lipinski definition) is 1. The van der Waals surface area contributed by atoms with E-state index < -0.39 is 52.9 Å². The molecule has 0 radical (unpaired) electrons. The van der Waals surface area contributed by atoms with E-state index in [4.69, 9.17) is 5.11 Å². The summed E-state index contributed by atoms with van der Waals surface area (Å²) in [6, 6.07) is 0.274. The fourth-order valence-corrected chi connectivity index (χ4v) is 1.42. The molecule has 0 fully saturated rings. The smallest absolute Gasteiger partial charge is 0.481 e. The molecule has 12 heteroatoms. The molecule has 0 bridgehead atoms. The number of pyridine rings is 1. The molecule has 0 aliphatic carbocycles. The van der Waals surface area contributed by atoms with E-state index in [0.717, 1.165) is 0 Å². The Morgan fingerprint density at radius 1 is 1.48 bits per heavy atom. The Bertz CT molecular complexity index is 574. The quantitative estimate of drug-likeness (QED) is 0.508. The molecule has 1 N–H and O–H groups in total. The first-order valence-corrected chi connectivity index (χ1v) is 4.95. The molecule has 1 rings (SSSR count). The predicted octanol–water partition coefficient (Wildman–Crippen LogP) is 2.45. The van der Waals surface area contributed by atoms with Crippen LogP contribution in [0.5, 0.6) is 5.88 Å². The van der Waals surface area contributed by atoms with Crippen molar-refractivity contribution in [2.24, 2.45) is 0 Å². The molecular weight excluding hydrogens is 311 g/mol. The number of halogens is 5. The number of nitrogens with zero attached hydrogens (tertiary/aromatic N) is 2. The van der Waals surface area contributed by atoms with Crippen LogP contribution in [-0.2, 0) is 11.2 Å². The molecule has 0 amide bonds. The van der Waals surface area contributed by atoms with Crippen LogP contribution in [0.4, 0.5) is 27.8 Å². The van der Waals surface area contributed by atoms with Gasteiger partial charge in [-0.05, 0) is 10.5 Å². The van der Waals surface area contributed by atoms with E-state index in [9.17, 15) is 36.9 Å². The zero-order valence-corrected chi connectivity index (χ0v) is 9.73. The fraction of sp³-hybridized carbons (Fsp3) is 0.333. The van der Waals surface area contributed by atoms with Crippen LogP contribution in [-0.4, -0.2) is 27.3 Å². The van der Waals surface area contributed by atoms with Gasteiger partial charge in [-0.1, -0.05) is 0 Å². The van der Waals surface area contributed by atoms with Crippen LogP contribution in [0.1, 0.15) is 17.6 Å². The number of aliphatic carboxylic acids is 1. The maximum absolute atomic E-state index is 12.8. The molecule has 0 aliphatic heterocycles. The maximum atomic E-state index is 12.8. The van der Waals surface area contributed by atoms with E-state index in [1.54, 1.807) is 0 Å². The van der Waals surface area contributed by atoms with Gasteiger partial charge in [0.25, 0.3) is 6.43 Å². The molecule has 21 heavy (non-hydrogen) atoms. The molecule has 0 unspecified atom stereocenters. The lowest BCUT2D eigenvalue weighted by molar-refractivity contribution is -0.391. The van der Waals surface area contributed by atoms with Crippen molar-refractivity contribution in [3.8, 4) is 5.88 Å². The number of hydrogen-bond acceptors (Lipinski definition) is 5. The number of carbonyl (C=O) groups is 1. The highest BCUT2D eigenvalue weighted by Crippen LogP contribution is 2.34. The zero-order chi connectivity index (χ0) is 16.4. The first-order valence-electron chi connectivity index (χ1n) is 4.95. The standard InChI is InChI=1S/C9H5F5N2O5/c10-7(11)6-3(2-5(17)18)1-4(21-9(12,13)14)15-8(6)16(19)20/h1,7H,2H2,(H,17,18). The topological polar surface area (TPSA) is 103 Å². The third-order valence-corrected chi connectivity index (χ3v) is 2.05. The largest absolute Gasteiger partial charge is 0.575 e. The molecule has 0 saturated carbocycles. The van der Waals surface area contributed by atoms with Gasteiger partial charge < -0.3 is 20.0 Å². The lowest BCUT2D eigenvalue weighted by Crippen LogP contribution is -2.19. The Labute approximate surface area is 112 Å². The first kappa shape index (κ1) is 16.5. The summed E-state index contributed by atoms with van der Waals surface area (Å²) in [4.78, 5) is 22.4. The molecule has 116 valence electrons. The zero-order valence-electron chi connectivity index (χ0n) is 9.73. The van der Waals surface area contributed by atoms with Crippen LogP contribution in [0.25, 0.3) is 0 Å².